The molecule has 1 rings (SSSR count). The van der Waals surface area contributed by atoms with Gasteiger partial charge in [-0.25, -0.2) is 9.97 Å². The van der Waals surface area contributed by atoms with Gasteiger partial charge in [-0.1, -0.05) is 41.5 Å². The van der Waals surface area contributed by atoms with Crippen molar-refractivity contribution in [1.29, 1.82) is 0 Å². The van der Waals surface area contributed by atoms with Crippen molar-refractivity contribution in [2.45, 2.75) is 64.4 Å². The summed E-state index contributed by atoms with van der Waals surface area (Å²) in [4.78, 5) is 9.33. The molecule has 0 spiro atoms. The minimum absolute atomic E-state index is 0.0584. The third kappa shape index (κ3) is 5.81. The zero-order valence-corrected chi connectivity index (χ0v) is 13.9. The normalized spacial score (nSPS) is 11.9. The third-order valence-electron chi connectivity index (χ3n) is 2.64. The summed E-state index contributed by atoms with van der Waals surface area (Å²) in [5.74, 6) is 2.77. The lowest BCUT2D eigenvalue weighted by Crippen LogP contribution is -2.17. The molecule has 0 saturated heterocycles. The molecule has 3 nitrogen and oxygen atoms in total. The number of hydrogen-bond acceptors (Lipinski definition) is 4. The van der Waals surface area contributed by atoms with Gasteiger partial charge in [0.2, 0.25) is 0 Å². The molecule has 0 unspecified atom stereocenters. The highest BCUT2D eigenvalue weighted by molar-refractivity contribution is 7.99. The maximum absolute atomic E-state index is 4.71. The van der Waals surface area contributed by atoms with Gasteiger partial charge in [0, 0.05) is 18.0 Å². The molecule has 1 N–H and O–H groups in total. The van der Waals surface area contributed by atoms with E-state index in [0.717, 1.165) is 36.1 Å². The molecule has 0 aromatic carbocycles. The zero-order valence-electron chi connectivity index (χ0n) is 13.1. The molecule has 19 heavy (non-hydrogen) atoms. The maximum atomic E-state index is 4.71. The number of nitrogens with one attached hydrogen (secondary N) is 1. The number of hydrogen-bond donors (Lipinski definition) is 1. The van der Waals surface area contributed by atoms with Crippen LogP contribution in [0.25, 0.3) is 0 Å². The van der Waals surface area contributed by atoms with Crippen LogP contribution in [0.3, 0.4) is 0 Å². The summed E-state index contributed by atoms with van der Waals surface area (Å²) >= 11 is 1.88. The Balaban J connectivity index is 2.95. The van der Waals surface area contributed by atoms with Crippen molar-refractivity contribution >= 4 is 17.6 Å². The summed E-state index contributed by atoms with van der Waals surface area (Å²) < 4.78 is 0. The molecule has 0 saturated carbocycles. The third-order valence-corrected chi connectivity index (χ3v) is 3.73. The lowest BCUT2D eigenvalue weighted by molar-refractivity contribution is 0.564. The molecule has 0 amide bonds. The largest absolute Gasteiger partial charge is 0.370 e. The minimum atomic E-state index is 0.0584. The van der Waals surface area contributed by atoms with Crippen LogP contribution in [0.4, 0.5) is 5.82 Å². The summed E-state index contributed by atoms with van der Waals surface area (Å²) in [6.07, 6.45) is 1.10. The van der Waals surface area contributed by atoms with Gasteiger partial charge in [-0.15, -0.1) is 0 Å². The molecule has 108 valence electrons. The van der Waals surface area contributed by atoms with Gasteiger partial charge in [0.1, 0.15) is 11.6 Å². The number of aromatic nitrogens is 2. The second-order valence-electron chi connectivity index (χ2n) is 6.09. The lowest BCUT2D eigenvalue weighted by atomic mass is 9.92. The molecule has 0 aliphatic heterocycles. The van der Waals surface area contributed by atoms with E-state index in [1.54, 1.807) is 0 Å². The Hall–Kier alpha value is -0.770. The standard InChI is InChI=1S/C15H27N3S/c1-7-8-16-13-9-12(15(4,5)6)17-14(18-13)10-19-11(2)3/h9,11H,7-8,10H2,1-6H3,(H,16,17,18). The number of nitrogens with zero attached hydrogens (tertiary/aromatic N) is 2. The highest BCUT2D eigenvalue weighted by atomic mass is 32.2. The van der Waals surface area contributed by atoms with Crippen LogP contribution < -0.4 is 5.32 Å². The van der Waals surface area contributed by atoms with E-state index in [0.29, 0.717) is 5.25 Å². The molecule has 0 radical (unpaired) electrons. The highest BCUT2D eigenvalue weighted by Crippen LogP contribution is 2.24. The first-order chi connectivity index (χ1) is 8.82. The number of thioether (sulfide) groups is 1. The van der Waals surface area contributed by atoms with Crippen LogP contribution >= 0.6 is 11.8 Å². The first-order valence-electron chi connectivity index (χ1n) is 7.07. The number of anilines is 1. The van der Waals surface area contributed by atoms with Gasteiger partial charge < -0.3 is 5.32 Å². The van der Waals surface area contributed by atoms with Crippen LogP contribution in [0.15, 0.2) is 6.07 Å². The average Bonchev–Trinajstić information content (AvgIpc) is 2.32. The van der Waals surface area contributed by atoms with Gasteiger partial charge in [0.05, 0.1) is 11.4 Å². The van der Waals surface area contributed by atoms with E-state index in [9.17, 15) is 0 Å². The Kier molecular flexibility index (Phi) is 6.11. The van der Waals surface area contributed by atoms with Gasteiger partial charge in [0.25, 0.3) is 0 Å². The average molecular weight is 281 g/mol. The minimum Gasteiger partial charge on any atom is -0.370 e. The zero-order chi connectivity index (χ0) is 14.5. The quantitative estimate of drug-likeness (QED) is 0.846. The van der Waals surface area contributed by atoms with E-state index < -0.39 is 0 Å². The van der Waals surface area contributed by atoms with Gasteiger partial charge in [-0.05, 0) is 11.7 Å². The van der Waals surface area contributed by atoms with Crippen LogP contribution in [0.1, 0.15) is 59.5 Å². The van der Waals surface area contributed by atoms with Crippen molar-refractivity contribution < 1.29 is 0 Å². The summed E-state index contributed by atoms with van der Waals surface area (Å²) in [5.41, 5.74) is 1.17. The molecule has 1 aromatic heterocycles. The molecule has 0 aliphatic rings. The van der Waals surface area contributed by atoms with Crippen molar-refractivity contribution in [2.75, 3.05) is 11.9 Å². The summed E-state index contributed by atoms with van der Waals surface area (Å²) in [7, 11) is 0. The Morgan fingerprint density at radius 1 is 1.26 bits per heavy atom. The molecule has 4 heteroatoms. The fraction of sp³-hybridized carbons (Fsp3) is 0.733. The first-order valence-corrected chi connectivity index (χ1v) is 8.11. The van der Waals surface area contributed by atoms with Gasteiger partial charge in [0.15, 0.2) is 0 Å². The van der Waals surface area contributed by atoms with E-state index in [4.69, 9.17) is 4.98 Å². The molecular formula is C15H27N3S. The Bertz CT molecular complexity index is 397. The molecular weight excluding hydrogens is 254 g/mol. The lowest BCUT2D eigenvalue weighted by Gasteiger charge is -2.20. The van der Waals surface area contributed by atoms with E-state index in [1.165, 1.54) is 0 Å². The van der Waals surface area contributed by atoms with Gasteiger partial charge in [-0.3, -0.25) is 0 Å². The second kappa shape index (κ2) is 7.13. The summed E-state index contributed by atoms with van der Waals surface area (Å²) in [5, 5.41) is 3.98. The van der Waals surface area contributed by atoms with E-state index in [-0.39, 0.29) is 5.41 Å². The van der Waals surface area contributed by atoms with Crippen LogP contribution in [0, 0.1) is 0 Å². The fourth-order valence-corrected chi connectivity index (χ4v) is 2.14. The summed E-state index contributed by atoms with van der Waals surface area (Å²) in [6.45, 7) is 14.1. The van der Waals surface area contributed by atoms with Crippen molar-refractivity contribution in [3.63, 3.8) is 0 Å². The van der Waals surface area contributed by atoms with Crippen LogP contribution in [-0.4, -0.2) is 21.8 Å². The van der Waals surface area contributed by atoms with E-state index >= 15 is 0 Å². The summed E-state index contributed by atoms with van der Waals surface area (Å²) in [6, 6.07) is 2.08. The fourth-order valence-electron chi connectivity index (χ4n) is 1.53. The molecule has 1 heterocycles. The van der Waals surface area contributed by atoms with Crippen molar-refractivity contribution in [1.82, 2.24) is 9.97 Å². The van der Waals surface area contributed by atoms with Crippen molar-refractivity contribution in [3.05, 3.63) is 17.6 Å². The maximum Gasteiger partial charge on any atom is 0.140 e. The molecule has 0 fully saturated rings. The topological polar surface area (TPSA) is 37.8 Å². The van der Waals surface area contributed by atoms with E-state index in [1.807, 2.05) is 11.8 Å². The van der Waals surface area contributed by atoms with Crippen molar-refractivity contribution in [2.24, 2.45) is 0 Å². The highest BCUT2D eigenvalue weighted by Gasteiger charge is 2.18. The van der Waals surface area contributed by atoms with Gasteiger partial charge >= 0.3 is 0 Å². The Morgan fingerprint density at radius 2 is 1.95 bits per heavy atom. The Morgan fingerprint density at radius 3 is 2.47 bits per heavy atom. The molecule has 0 atom stereocenters. The second-order valence-corrected chi connectivity index (χ2v) is 7.66. The van der Waals surface area contributed by atoms with Crippen LogP contribution in [0.2, 0.25) is 0 Å². The Labute approximate surface area is 122 Å². The first kappa shape index (κ1) is 16.3. The van der Waals surface area contributed by atoms with E-state index in [2.05, 4.69) is 57.9 Å². The van der Waals surface area contributed by atoms with Crippen LogP contribution in [-0.2, 0) is 11.2 Å². The monoisotopic (exact) mass is 281 g/mol. The molecule has 0 bridgehead atoms. The van der Waals surface area contributed by atoms with Crippen LogP contribution in [0.5, 0.6) is 0 Å². The SMILES string of the molecule is CCCNc1cc(C(C)(C)C)nc(CSC(C)C)n1. The molecule has 0 aliphatic carbocycles. The van der Waals surface area contributed by atoms with Gasteiger partial charge in [-0.2, -0.15) is 11.8 Å². The predicted octanol–water partition coefficient (Wildman–Crippen LogP) is 4.24. The predicted molar refractivity (Wildman–Crippen MR) is 85.9 cm³/mol. The smallest absolute Gasteiger partial charge is 0.140 e. The molecule has 1 aromatic rings. The van der Waals surface area contributed by atoms with Crippen molar-refractivity contribution in [3.8, 4) is 0 Å². The number of rotatable bonds is 6.